The molecular formula is C18H24BrNO4S. The summed E-state index contributed by atoms with van der Waals surface area (Å²) in [5, 5.41) is 1.96. The zero-order valence-corrected chi connectivity index (χ0v) is 17.1. The van der Waals surface area contributed by atoms with Crippen LogP contribution in [0.4, 0.5) is 4.79 Å². The molecule has 0 heterocycles. The standard InChI is InChI=1S/C18H24BrNO4S/c1-5-6-11-24-18(21)20-17(13(2)3)12-25(22,23)14(4)15-7-9-16(19)10-8-15/h1,7-10,13-14,17H,6,11-12H2,2-4H3,(H,20,21). The summed E-state index contributed by atoms with van der Waals surface area (Å²) in [5.41, 5.74) is 0.710. The van der Waals surface area contributed by atoms with Crippen molar-refractivity contribution in [2.45, 2.75) is 38.5 Å². The molecular weight excluding hydrogens is 406 g/mol. The number of carbonyl (C=O) groups excluding carboxylic acids is 1. The third kappa shape index (κ3) is 7.09. The molecule has 0 aromatic heterocycles. The summed E-state index contributed by atoms with van der Waals surface area (Å²) in [6, 6.07) is 6.63. The lowest BCUT2D eigenvalue weighted by Gasteiger charge is -2.24. The van der Waals surface area contributed by atoms with Gasteiger partial charge in [-0.05, 0) is 30.5 Å². The van der Waals surface area contributed by atoms with Crippen LogP contribution in [0.25, 0.3) is 0 Å². The van der Waals surface area contributed by atoms with Gasteiger partial charge in [-0.1, -0.05) is 41.9 Å². The van der Waals surface area contributed by atoms with Gasteiger partial charge in [0.25, 0.3) is 0 Å². The number of halogens is 1. The number of nitrogens with one attached hydrogen (secondary N) is 1. The number of carbonyl (C=O) groups is 1. The van der Waals surface area contributed by atoms with Gasteiger partial charge in [-0.2, -0.15) is 0 Å². The van der Waals surface area contributed by atoms with E-state index in [2.05, 4.69) is 27.2 Å². The van der Waals surface area contributed by atoms with Gasteiger partial charge in [-0.25, -0.2) is 13.2 Å². The Morgan fingerprint density at radius 1 is 1.28 bits per heavy atom. The molecule has 25 heavy (non-hydrogen) atoms. The highest BCUT2D eigenvalue weighted by Gasteiger charge is 2.29. The van der Waals surface area contributed by atoms with Crippen molar-refractivity contribution in [1.82, 2.24) is 5.32 Å². The van der Waals surface area contributed by atoms with E-state index in [1.165, 1.54) is 0 Å². The first-order chi connectivity index (χ1) is 11.7. The van der Waals surface area contributed by atoms with Crippen molar-refractivity contribution >= 4 is 31.9 Å². The molecule has 1 N–H and O–H groups in total. The first-order valence-corrected chi connectivity index (χ1v) is 10.5. The van der Waals surface area contributed by atoms with Crippen molar-refractivity contribution in [3.63, 3.8) is 0 Å². The number of terminal acetylenes is 1. The average molecular weight is 430 g/mol. The van der Waals surface area contributed by atoms with Crippen molar-refractivity contribution in [1.29, 1.82) is 0 Å². The van der Waals surface area contributed by atoms with Crippen molar-refractivity contribution in [2.75, 3.05) is 12.4 Å². The molecule has 2 unspecified atom stereocenters. The summed E-state index contributed by atoms with van der Waals surface area (Å²) < 4.78 is 31.3. The predicted molar refractivity (Wildman–Crippen MR) is 103 cm³/mol. The van der Waals surface area contributed by atoms with Gasteiger partial charge in [0, 0.05) is 16.9 Å². The number of hydrogen-bond acceptors (Lipinski definition) is 4. The summed E-state index contributed by atoms with van der Waals surface area (Å²) in [6.45, 7) is 5.47. The summed E-state index contributed by atoms with van der Waals surface area (Å²) >= 11 is 3.33. The van der Waals surface area contributed by atoms with Crippen LogP contribution in [-0.4, -0.2) is 32.9 Å². The lowest BCUT2D eigenvalue weighted by molar-refractivity contribution is 0.143. The lowest BCUT2D eigenvalue weighted by atomic mass is 10.1. The van der Waals surface area contributed by atoms with E-state index in [0.29, 0.717) is 12.0 Å². The maximum atomic E-state index is 12.7. The molecule has 138 valence electrons. The van der Waals surface area contributed by atoms with Gasteiger partial charge in [0.1, 0.15) is 6.61 Å². The van der Waals surface area contributed by atoms with Gasteiger partial charge in [-0.15, -0.1) is 12.3 Å². The summed E-state index contributed by atoms with van der Waals surface area (Å²) in [5.74, 6) is 2.15. The molecule has 0 saturated heterocycles. The Hall–Kier alpha value is -1.52. The first-order valence-electron chi connectivity index (χ1n) is 8.01. The zero-order valence-electron chi connectivity index (χ0n) is 14.7. The van der Waals surface area contributed by atoms with E-state index >= 15 is 0 Å². The second kappa shape index (κ2) is 9.83. The monoisotopic (exact) mass is 429 g/mol. The van der Waals surface area contributed by atoms with Gasteiger partial charge in [0.15, 0.2) is 9.84 Å². The minimum Gasteiger partial charge on any atom is -0.449 e. The summed E-state index contributed by atoms with van der Waals surface area (Å²) in [4.78, 5) is 11.8. The van der Waals surface area contributed by atoms with E-state index in [1.54, 1.807) is 19.1 Å². The second-order valence-electron chi connectivity index (χ2n) is 6.11. The fourth-order valence-electron chi connectivity index (χ4n) is 2.13. The van der Waals surface area contributed by atoms with Gasteiger partial charge in [0.05, 0.1) is 11.0 Å². The molecule has 5 nitrogen and oxygen atoms in total. The molecule has 2 atom stereocenters. The first kappa shape index (κ1) is 21.5. The van der Waals surface area contributed by atoms with Gasteiger partial charge in [0.2, 0.25) is 0 Å². The predicted octanol–water partition coefficient (Wildman–Crippen LogP) is 3.70. The second-order valence-corrected chi connectivity index (χ2v) is 9.39. The molecule has 1 amide bonds. The third-order valence-electron chi connectivity index (χ3n) is 3.88. The number of alkyl carbamates (subject to hydrolysis) is 1. The molecule has 0 fully saturated rings. The highest BCUT2D eigenvalue weighted by atomic mass is 79.9. The van der Waals surface area contributed by atoms with Crippen LogP contribution in [0.1, 0.15) is 38.0 Å². The van der Waals surface area contributed by atoms with E-state index in [1.807, 2.05) is 26.0 Å². The minimum absolute atomic E-state index is 0.0629. The molecule has 7 heteroatoms. The van der Waals surface area contributed by atoms with Crippen molar-refractivity contribution in [3.05, 3.63) is 34.3 Å². The van der Waals surface area contributed by atoms with Crippen LogP contribution in [0, 0.1) is 18.3 Å². The topological polar surface area (TPSA) is 72.5 Å². The number of ether oxygens (including phenoxy) is 1. The van der Waals surface area contributed by atoms with E-state index in [4.69, 9.17) is 11.2 Å². The van der Waals surface area contributed by atoms with Crippen LogP contribution >= 0.6 is 15.9 Å². The number of benzene rings is 1. The molecule has 0 spiro atoms. The van der Waals surface area contributed by atoms with Gasteiger partial charge < -0.3 is 10.1 Å². The molecule has 1 aromatic carbocycles. The Balaban J connectivity index is 2.80. The van der Waals surface area contributed by atoms with E-state index in [0.717, 1.165) is 4.47 Å². The largest absolute Gasteiger partial charge is 0.449 e. The molecule has 0 aliphatic carbocycles. The lowest BCUT2D eigenvalue weighted by Crippen LogP contribution is -2.44. The SMILES string of the molecule is C#CCCOC(=O)NC(CS(=O)(=O)C(C)c1ccc(Br)cc1)C(C)C. The average Bonchev–Trinajstić information content (AvgIpc) is 2.54. The van der Waals surface area contributed by atoms with Gasteiger partial charge >= 0.3 is 6.09 Å². The van der Waals surface area contributed by atoms with Crippen LogP contribution in [0.15, 0.2) is 28.7 Å². The Labute approximate surface area is 158 Å². The number of rotatable bonds is 8. The molecule has 0 aliphatic rings. The fourth-order valence-corrected chi connectivity index (χ4v) is 4.23. The van der Waals surface area contributed by atoms with Crippen molar-refractivity contribution in [2.24, 2.45) is 5.92 Å². The third-order valence-corrected chi connectivity index (χ3v) is 6.58. The maximum Gasteiger partial charge on any atom is 0.407 e. The number of sulfone groups is 1. The zero-order chi connectivity index (χ0) is 19.0. The highest BCUT2D eigenvalue weighted by molar-refractivity contribution is 9.10. The van der Waals surface area contributed by atoms with Crippen LogP contribution in [0.5, 0.6) is 0 Å². The Morgan fingerprint density at radius 2 is 1.88 bits per heavy atom. The van der Waals surface area contributed by atoms with E-state index in [-0.39, 0.29) is 18.3 Å². The number of hydrogen-bond donors (Lipinski definition) is 1. The Kier molecular flexibility index (Phi) is 8.46. The maximum absolute atomic E-state index is 12.7. The normalized spacial score (nSPS) is 13.8. The molecule has 0 radical (unpaired) electrons. The van der Waals surface area contributed by atoms with Crippen LogP contribution in [-0.2, 0) is 14.6 Å². The number of amides is 1. The minimum atomic E-state index is -3.46. The van der Waals surface area contributed by atoms with Crippen molar-refractivity contribution in [3.8, 4) is 12.3 Å². The van der Waals surface area contributed by atoms with Gasteiger partial charge in [-0.3, -0.25) is 0 Å². The summed E-state index contributed by atoms with van der Waals surface area (Å²) in [7, 11) is -3.46. The highest BCUT2D eigenvalue weighted by Crippen LogP contribution is 2.25. The molecule has 0 bridgehead atoms. The Morgan fingerprint density at radius 3 is 2.40 bits per heavy atom. The summed E-state index contributed by atoms with van der Waals surface area (Å²) in [6.07, 6.45) is 4.77. The molecule has 1 rings (SSSR count). The van der Waals surface area contributed by atoms with Crippen LogP contribution in [0.3, 0.4) is 0 Å². The molecule has 0 aliphatic heterocycles. The Bertz CT molecular complexity index is 708. The molecule has 1 aromatic rings. The van der Waals surface area contributed by atoms with Crippen LogP contribution < -0.4 is 5.32 Å². The van der Waals surface area contributed by atoms with E-state index in [9.17, 15) is 13.2 Å². The fraction of sp³-hybridized carbons (Fsp3) is 0.500. The smallest absolute Gasteiger partial charge is 0.407 e. The van der Waals surface area contributed by atoms with Crippen molar-refractivity contribution < 1.29 is 17.9 Å². The molecule has 0 saturated carbocycles. The quantitative estimate of drug-likeness (QED) is 0.504. The van der Waals surface area contributed by atoms with E-state index < -0.39 is 27.2 Å². The van der Waals surface area contributed by atoms with Crippen LogP contribution in [0.2, 0.25) is 0 Å².